The van der Waals surface area contributed by atoms with Gasteiger partial charge >= 0.3 is 211 Å². The van der Waals surface area contributed by atoms with E-state index in [1.807, 2.05) is 44.2 Å². The summed E-state index contributed by atoms with van der Waals surface area (Å²) < 4.78 is 7.28. The number of hydrogen-bond donors (Lipinski definition) is 2. The van der Waals surface area contributed by atoms with E-state index in [1.165, 1.54) is 8.77 Å². The molecule has 3 aromatic carbocycles. The number of aliphatic hydroxyl groups is 1. The van der Waals surface area contributed by atoms with Crippen molar-refractivity contribution in [1.29, 1.82) is 0 Å². The molecule has 0 spiro atoms. The average molecular weight is 624 g/mol. The van der Waals surface area contributed by atoms with Crippen molar-refractivity contribution in [2.24, 2.45) is 0 Å². The summed E-state index contributed by atoms with van der Waals surface area (Å²) >= 11 is -2.56. The van der Waals surface area contributed by atoms with Crippen LogP contribution in [0.1, 0.15) is 32.3 Å². The molecule has 0 aliphatic rings. The van der Waals surface area contributed by atoms with Gasteiger partial charge in [-0.15, -0.1) is 0 Å². The van der Waals surface area contributed by atoms with E-state index >= 15 is 0 Å². The summed E-state index contributed by atoms with van der Waals surface area (Å²) in [7, 11) is -1.62. The molecule has 0 fully saturated rings. The van der Waals surface area contributed by atoms with E-state index in [9.17, 15) is 9.90 Å². The second kappa shape index (κ2) is 12.2. The SMILES string of the molecule is CC(C)(OC(=O)Nc1ccc([Si](C)(C)CCCCO)c[c]1[Sn]([CH3])([CH3])[CH3])c1ccc(-c2ccccc2)cc1. The van der Waals surface area contributed by atoms with Crippen LogP contribution in [-0.4, -0.2) is 44.3 Å². The predicted molar refractivity (Wildman–Crippen MR) is 163 cm³/mol. The zero-order valence-corrected chi connectivity index (χ0v) is 27.4. The van der Waals surface area contributed by atoms with Crippen molar-refractivity contribution in [2.45, 2.75) is 66.2 Å². The zero-order valence-electron chi connectivity index (χ0n) is 23.5. The van der Waals surface area contributed by atoms with Crippen LogP contribution in [0.3, 0.4) is 0 Å². The molecule has 37 heavy (non-hydrogen) atoms. The maximum absolute atomic E-state index is 13.1. The van der Waals surface area contributed by atoms with Crippen molar-refractivity contribution < 1.29 is 14.6 Å². The number of nitrogens with one attached hydrogen (secondary N) is 1. The predicted octanol–water partition coefficient (Wildman–Crippen LogP) is 7.07. The van der Waals surface area contributed by atoms with Crippen molar-refractivity contribution >= 4 is 47.0 Å². The van der Waals surface area contributed by atoms with Crippen LogP contribution < -0.4 is 14.1 Å². The number of benzene rings is 3. The Morgan fingerprint density at radius 2 is 1.54 bits per heavy atom. The number of rotatable bonds is 10. The Morgan fingerprint density at radius 1 is 0.919 bits per heavy atom. The van der Waals surface area contributed by atoms with E-state index in [0.717, 1.165) is 41.3 Å². The third-order valence-corrected chi connectivity index (χ3v) is 16.4. The Bertz CT molecular complexity index is 1190. The molecule has 4 nitrogen and oxygen atoms in total. The van der Waals surface area contributed by atoms with Crippen LogP contribution in [0.25, 0.3) is 11.1 Å². The Balaban J connectivity index is 1.76. The molecule has 0 aliphatic heterocycles. The van der Waals surface area contributed by atoms with Crippen LogP contribution in [0.4, 0.5) is 10.5 Å². The molecule has 0 unspecified atom stereocenters. The summed E-state index contributed by atoms with van der Waals surface area (Å²) in [6, 6.07) is 26.3. The fraction of sp³-hybridized carbons (Fsp3) is 0.387. The monoisotopic (exact) mass is 625 g/mol. The Morgan fingerprint density at radius 3 is 2.14 bits per heavy atom. The van der Waals surface area contributed by atoms with Gasteiger partial charge in [-0.05, 0) is 0 Å². The molecule has 0 aromatic heterocycles. The van der Waals surface area contributed by atoms with Crippen molar-refractivity contribution in [3.05, 3.63) is 78.4 Å². The van der Waals surface area contributed by atoms with Crippen molar-refractivity contribution in [3.8, 4) is 11.1 Å². The van der Waals surface area contributed by atoms with E-state index in [-0.39, 0.29) is 6.61 Å². The molecule has 0 saturated carbocycles. The minimum atomic E-state index is -2.56. The summed E-state index contributed by atoms with van der Waals surface area (Å²) in [6.07, 6.45) is 1.48. The molecule has 0 bridgehead atoms. The average Bonchev–Trinajstić information content (AvgIpc) is 2.84. The van der Waals surface area contributed by atoms with E-state index in [1.54, 1.807) is 0 Å². The first-order valence-electron chi connectivity index (χ1n) is 13.3. The first-order chi connectivity index (χ1) is 17.3. The standard InChI is InChI=1S/C28H34NO3Si.3CH3.Sn/c1-28(2,24-14-12-23(13-15-24)22-10-6-5-7-11-22)32-27(31)29-25-16-18-26(19-17-25)33(3,4)21-9-8-20-30;;;;/h5-7,10-16,18-19,30H,8-9,20-21H2,1-4H3,(H,29,31);3*1H3;. The molecule has 0 heterocycles. The van der Waals surface area contributed by atoms with Crippen LogP contribution in [0.2, 0.25) is 34.0 Å². The van der Waals surface area contributed by atoms with Crippen LogP contribution in [0.15, 0.2) is 72.8 Å². The van der Waals surface area contributed by atoms with E-state index in [4.69, 9.17) is 4.74 Å². The van der Waals surface area contributed by atoms with Gasteiger partial charge in [0.15, 0.2) is 0 Å². The van der Waals surface area contributed by atoms with E-state index < -0.39 is 38.1 Å². The summed E-state index contributed by atoms with van der Waals surface area (Å²) in [5, 5.41) is 13.7. The van der Waals surface area contributed by atoms with Gasteiger partial charge in [-0.2, -0.15) is 0 Å². The third kappa shape index (κ3) is 7.95. The molecule has 198 valence electrons. The molecule has 3 rings (SSSR count). The van der Waals surface area contributed by atoms with Crippen molar-refractivity contribution in [2.75, 3.05) is 11.9 Å². The number of carbonyl (C=O) groups excluding carboxylic acids is 1. The fourth-order valence-corrected chi connectivity index (χ4v) is 11.9. The van der Waals surface area contributed by atoms with Gasteiger partial charge in [0.2, 0.25) is 0 Å². The molecule has 2 N–H and O–H groups in total. The minimum absolute atomic E-state index is 0.257. The molecular formula is C31H43NO3SiSn. The number of hydrogen-bond acceptors (Lipinski definition) is 3. The van der Waals surface area contributed by atoms with Gasteiger partial charge < -0.3 is 0 Å². The molecule has 0 atom stereocenters. The van der Waals surface area contributed by atoms with Gasteiger partial charge in [0.25, 0.3) is 0 Å². The first kappa shape index (κ1) is 29.5. The van der Waals surface area contributed by atoms with Gasteiger partial charge in [-0.1, -0.05) is 18.2 Å². The van der Waals surface area contributed by atoms with Crippen LogP contribution in [0.5, 0.6) is 0 Å². The summed E-state index contributed by atoms with van der Waals surface area (Å²) in [4.78, 5) is 20.2. The Labute approximate surface area is 228 Å². The second-order valence-electron chi connectivity index (χ2n) is 12.0. The van der Waals surface area contributed by atoms with Gasteiger partial charge in [0.1, 0.15) is 0 Å². The maximum atomic E-state index is 13.1. The number of amides is 1. The number of aliphatic hydroxyl groups excluding tert-OH is 1. The van der Waals surface area contributed by atoms with Crippen LogP contribution in [-0.2, 0) is 10.3 Å². The van der Waals surface area contributed by atoms with Crippen LogP contribution >= 0.6 is 0 Å². The molecule has 0 radical (unpaired) electrons. The van der Waals surface area contributed by atoms with E-state index in [0.29, 0.717) is 0 Å². The molecule has 0 aliphatic carbocycles. The molecule has 1 amide bonds. The summed E-state index contributed by atoms with van der Waals surface area (Å²) in [5.41, 5.74) is 3.35. The van der Waals surface area contributed by atoms with Gasteiger partial charge in [-0.25, -0.2) is 0 Å². The van der Waals surface area contributed by atoms with Gasteiger partial charge in [0, 0.05) is 0 Å². The number of carbonyl (C=O) groups is 1. The summed E-state index contributed by atoms with van der Waals surface area (Å²) in [5.74, 6) is 0. The van der Waals surface area contributed by atoms with Crippen LogP contribution in [0, 0.1) is 0 Å². The normalized spacial score (nSPS) is 12.3. The summed E-state index contributed by atoms with van der Waals surface area (Å²) in [6.45, 7) is 8.91. The zero-order chi connectivity index (χ0) is 27.3. The van der Waals surface area contributed by atoms with Crippen molar-refractivity contribution in [3.63, 3.8) is 0 Å². The first-order valence-corrected chi connectivity index (χ1v) is 26.4. The van der Waals surface area contributed by atoms with Crippen molar-refractivity contribution in [1.82, 2.24) is 0 Å². The number of anilines is 1. The second-order valence-corrected chi connectivity index (χ2v) is 31.3. The van der Waals surface area contributed by atoms with Gasteiger partial charge in [0.05, 0.1) is 0 Å². The fourth-order valence-electron chi connectivity index (χ4n) is 4.64. The number of ether oxygens (including phenoxy) is 1. The Kier molecular flexibility index (Phi) is 9.70. The molecule has 0 saturated heterocycles. The topological polar surface area (TPSA) is 58.6 Å². The molecular weight excluding hydrogens is 581 g/mol. The Hall–Kier alpha value is -2.09. The molecule has 6 heteroatoms. The number of unbranched alkanes of at least 4 members (excludes halogenated alkanes) is 1. The molecule has 3 aromatic rings. The third-order valence-electron chi connectivity index (χ3n) is 7.09. The quantitative estimate of drug-likeness (QED) is 0.188. The van der Waals surface area contributed by atoms with Gasteiger partial charge in [-0.3, -0.25) is 0 Å². The van der Waals surface area contributed by atoms with E-state index in [2.05, 4.69) is 75.7 Å².